The molecule has 0 bridgehead atoms. The molecule has 0 fully saturated rings. The predicted octanol–water partition coefficient (Wildman–Crippen LogP) is 5.22. The van der Waals surface area contributed by atoms with Crippen LogP contribution in [0.5, 0.6) is 0 Å². The highest BCUT2D eigenvalue weighted by molar-refractivity contribution is 5.80. The van der Waals surface area contributed by atoms with Crippen LogP contribution in [0.4, 0.5) is 0 Å². The lowest BCUT2D eigenvalue weighted by molar-refractivity contribution is -0.123. The third-order valence-corrected chi connectivity index (χ3v) is 3.67. The summed E-state index contributed by atoms with van der Waals surface area (Å²) in [7, 11) is 0. The van der Waals surface area contributed by atoms with Gasteiger partial charge < -0.3 is 0 Å². The molecule has 0 saturated carbocycles. The van der Waals surface area contributed by atoms with E-state index in [0.29, 0.717) is 11.7 Å². The van der Waals surface area contributed by atoms with Crippen LogP contribution in [0.25, 0.3) is 0 Å². The first-order valence-electron chi connectivity index (χ1n) is 7.67. The van der Waals surface area contributed by atoms with Crippen LogP contribution in [-0.4, -0.2) is 5.78 Å². The van der Waals surface area contributed by atoms with E-state index in [0.717, 1.165) is 57.8 Å². The quantitative estimate of drug-likeness (QED) is 0.623. The zero-order valence-electron chi connectivity index (χ0n) is 11.9. The lowest BCUT2D eigenvalue weighted by Gasteiger charge is -2.14. The third kappa shape index (κ3) is 6.78. The molecule has 1 nitrogen and oxygen atoms in total. The number of hydrogen-bond acceptors (Lipinski definition) is 1. The molecule has 18 heavy (non-hydrogen) atoms. The van der Waals surface area contributed by atoms with E-state index in [2.05, 4.69) is 31.2 Å². The summed E-state index contributed by atoms with van der Waals surface area (Å²) in [6.45, 7) is 2.15. The summed E-state index contributed by atoms with van der Waals surface area (Å²) in [5.41, 5.74) is 0. The molecular formula is C17H28O. The van der Waals surface area contributed by atoms with Crippen molar-refractivity contribution >= 4 is 5.78 Å². The Morgan fingerprint density at radius 1 is 1.00 bits per heavy atom. The van der Waals surface area contributed by atoms with Crippen LogP contribution in [0.2, 0.25) is 0 Å². The maximum Gasteiger partial charge on any atom is 0.135 e. The highest BCUT2D eigenvalue weighted by Crippen LogP contribution is 2.20. The van der Waals surface area contributed by atoms with Crippen LogP contribution < -0.4 is 0 Å². The summed E-state index contributed by atoms with van der Waals surface area (Å²) >= 11 is 0. The van der Waals surface area contributed by atoms with Crippen molar-refractivity contribution in [1.29, 1.82) is 0 Å². The molecule has 1 unspecified atom stereocenters. The van der Waals surface area contributed by atoms with Crippen molar-refractivity contribution in [1.82, 2.24) is 0 Å². The van der Waals surface area contributed by atoms with E-state index in [1.54, 1.807) is 0 Å². The Morgan fingerprint density at radius 2 is 1.67 bits per heavy atom. The molecule has 0 aromatic carbocycles. The highest BCUT2D eigenvalue weighted by Gasteiger charge is 2.16. The average molecular weight is 248 g/mol. The van der Waals surface area contributed by atoms with Crippen molar-refractivity contribution in [2.45, 2.75) is 71.1 Å². The van der Waals surface area contributed by atoms with Gasteiger partial charge in [-0.15, -0.1) is 0 Å². The number of allylic oxidation sites excluding steroid dienone is 4. The number of rotatable bonds is 4. The van der Waals surface area contributed by atoms with E-state index in [4.69, 9.17) is 0 Å². The van der Waals surface area contributed by atoms with Gasteiger partial charge in [-0.1, -0.05) is 37.6 Å². The van der Waals surface area contributed by atoms with Gasteiger partial charge in [-0.25, -0.2) is 0 Å². The predicted molar refractivity (Wildman–Crippen MR) is 78.6 cm³/mol. The molecule has 0 saturated heterocycles. The van der Waals surface area contributed by atoms with Gasteiger partial charge in [0.15, 0.2) is 0 Å². The van der Waals surface area contributed by atoms with Gasteiger partial charge in [0.05, 0.1) is 0 Å². The molecule has 0 spiro atoms. The fourth-order valence-corrected chi connectivity index (χ4v) is 2.46. The van der Waals surface area contributed by atoms with E-state index in [1.165, 1.54) is 6.42 Å². The van der Waals surface area contributed by atoms with Crippen molar-refractivity contribution in [2.24, 2.45) is 5.92 Å². The Morgan fingerprint density at radius 3 is 2.39 bits per heavy atom. The van der Waals surface area contributed by atoms with Gasteiger partial charge in [-0.05, 0) is 51.4 Å². The Bertz CT molecular complexity index is 275. The minimum atomic E-state index is 0.314. The van der Waals surface area contributed by atoms with E-state index < -0.39 is 0 Å². The average Bonchev–Trinajstić information content (AvgIpc) is 2.36. The van der Waals surface area contributed by atoms with E-state index in [1.807, 2.05) is 0 Å². The first-order chi connectivity index (χ1) is 8.84. The number of Topliss-reactive ketones (excluding diaryl/α,β-unsaturated/α-hetero) is 1. The smallest absolute Gasteiger partial charge is 0.135 e. The molecule has 1 rings (SSSR count). The first-order valence-corrected chi connectivity index (χ1v) is 7.67. The van der Waals surface area contributed by atoms with Crippen molar-refractivity contribution in [3.05, 3.63) is 24.3 Å². The first kappa shape index (κ1) is 15.2. The highest BCUT2D eigenvalue weighted by atomic mass is 16.1. The molecule has 0 aromatic heterocycles. The number of hydrogen-bond donors (Lipinski definition) is 0. The van der Waals surface area contributed by atoms with Gasteiger partial charge in [-0.3, -0.25) is 4.79 Å². The summed E-state index contributed by atoms with van der Waals surface area (Å²) < 4.78 is 0. The Hall–Kier alpha value is -0.850. The SMILES string of the molecule is CCCCC(=O)C1CC/C=C\CC/C=C\CCC1. The summed E-state index contributed by atoms with van der Waals surface area (Å²) in [5.74, 6) is 0.820. The van der Waals surface area contributed by atoms with Crippen molar-refractivity contribution < 1.29 is 4.79 Å². The second kappa shape index (κ2) is 10.1. The molecule has 102 valence electrons. The van der Waals surface area contributed by atoms with Crippen molar-refractivity contribution in [2.75, 3.05) is 0 Å². The van der Waals surface area contributed by atoms with Gasteiger partial charge in [0.1, 0.15) is 5.78 Å². The molecular weight excluding hydrogens is 220 g/mol. The van der Waals surface area contributed by atoms with Crippen LogP contribution in [0.3, 0.4) is 0 Å². The maximum absolute atomic E-state index is 12.1. The lowest BCUT2D eigenvalue weighted by Crippen LogP contribution is -2.14. The molecule has 0 aromatic rings. The molecule has 0 radical (unpaired) electrons. The second-order valence-corrected chi connectivity index (χ2v) is 5.30. The largest absolute Gasteiger partial charge is 0.299 e. The number of carbonyl (C=O) groups excluding carboxylic acids is 1. The minimum Gasteiger partial charge on any atom is -0.299 e. The topological polar surface area (TPSA) is 17.1 Å². The van der Waals surface area contributed by atoms with Gasteiger partial charge in [0, 0.05) is 12.3 Å². The molecule has 1 aliphatic rings. The van der Waals surface area contributed by atoms with Crippen LogP contribution in [0.1, 0.15) is 71.1 Å². The monoisotopic (exact) mass is 248 g/mol. The maximum atomic E-state index is 12.1. The normalized spacial score (nSPS) is 25.7. The summed E-state index contributed by atoms with van der Waals surface area (Å²) in [4.78, 5) is 12.1. The Kier molecular flexibility index (Phi) is 8.54. The second-order valence-electron chi connectivity index (χ2n) is 5.30. The Balaban J connectivity index is 2.44. The van der Waals surface area contributed by atoms with Gasteiger partial charge in [0.2, 0.25) is 0 Å². The molecule has 1 atom stereocenters. The standard InChI is InChI=1S/C17H28O/c1-2-3-15-17(18)16-13-11-9-7-5-4-6-8-10-12-14-16/h5,7-8,10,16H,2-4,6,9,11-15H2,1H3/b7-5-,10-8-. The summed E-state index contributed by atoms with van der Waals surface area (Å²) in [6, 6.07) is 0. The fraction of sp³-hybridized carbons (Fsp3) is 0.706. The van der Waals surface area contributed by atoms with Gasteiger partial charge in [-0.2, -0.15) is 0 Å². The molecule has 1 heteroatoms. The third-order valence-electron chi connectivity index (χ3n) is 3.67. The fourth-order valence-electron chi connectivity index (χ4n) is 2.46. The molecule has 0 heterocycles. The van der Waals surface area contributed by atoms with Crippen molar-refractivity contribution in [3.8, 4) is 0 Å². The summed E-state index contributed by atoms with van der Waals surface area (Å²) in [6.07, 6.45) is 19.9. The van der Waals surface area contributed by atoms with Gasteiger partial charge in [0.25, 0.3) is 0 Å². The summed E-state index contributed by atoms with van der Waals surface area (Å²) in [5, 5.41) is 0. The number of carbonyl (C=O) groups is 1. The molecule has 0 amide bonds. The van der Waals surface area contributed by atoms with Crippen LogP contribution in [0.15, 0.2) is 24.3 Å². The van der Waals surface area contributed by atoms with Crippen LogP contribution >= 0.6 is 0 Å². The van der Waals surface area contributed by atoms with Crippen LogP contribution in [-0.2, 0) is 4.79 Å². The molecule has 0 aliphatic heterocycles. The zero-order valence-corrected chi connectivity index (χ0v) is 11.9. The molecule has 0 N–H and O–H groups in total. The van der Waals surface area contributed by atoms with Crippen molar-refractivity contribution in [3.63, 3.8) is 0 Å². The lowest BCUT2D eigenvalue weighted by atomic mass is 9.89. The van der Waals surface area contributed by atoms with E-state index in [-0.39, 0.29) is 0 Å². The van der Waals surface area contributed by atoms with E-state index in [9.17, 15) is 4.79 Å². The minimum absolute atomic E-state index is 0.314. The Labute approximate surface area is 112 Å². The van der Waals surface area contributed by atoms with Crippen LogP contribution in [0, 0.1) is 5.92 Å². The van der Waals surface area contributed by atoms with E-state index >= 15 is 0 Å². The zero-order chi connectivity index (χ0) is 13.1. The number of ketones is 1. The van der Waals surface area contributed by atoms with Gasteiger partial charge >= 0.3 is 0 Å². The number of unbranched alkanes of at least 4 members (excludes halogenated alkanes) is 1. The molecule has 1 aliphatic carbocycles.